The highest BCUT2D eigenvalue weighted by molar-refractivity contribution is 5.93. The van der Waals surface area contributed by atoms with Crippen LogP contribution in [0.5, 0.6) is 0 Å². The summed E-state index contributed by atoms with van der Waals surface area (Å²) in [7, 11) is 3.32. The Balaban J connectivity index is 2.82. The van der Waals surface area contributed by atoms with Crippen LogP contribution in [0.25, 0.3) is 0 Å². The number of aromatic nitrogens is 1. The van der Waals surface area contributed by atoms with Crippen LogP contribution in [0.1, 0.15) is 24.2 Å². The van der Waals surface area contributed by atoms with E-state index in [1.807, 2.05) is 13.8 Å². The maximum atomic E-state index is 11.7. The van der Waals surface area contributed by atoms with E-state index in [4.69, 9.17) is 5.11 Å². The van der Waals surface area contributed by atoms with E-state index in [-0.39, 0.29) is 11.8 Å². The lowest BCUT2D eigenvalue weighted by molar-refractivity contribution is -0.138. The van der Waals surface area contributed by atoms with Crippen LogP contribution in [0.4, 0.5) is 5.82 Å². The predicted molar refractivity (Wildman–Crippen MR) is 72.1 cm³/mol. The van der Waals surface area contributed by atoms with Crippen molar-refractivity contribution < 1.29 is 14.7 Å². The summed E-state index contributed by atoms with van der Waals surface area (Å²) in [6, 6.07) is 2.52. The fraction of sp³-hybridized carbons (Fsp3) is 0.462. The fourth-order valence-corrected chi connectivity index (χ4v) is 1.54. The maximum absolute atomic E-state index is 11.7. The molecule has 0 aliphatic heterocycles. The van der Waals surface area contributed by atoms with Crippen molar-refractivity contribution in [1.82, 2.24) is 9.88 Å². The third-order valence-corrected chi connectivity index (χ3v) is 2.65. The van der Waals surface area contributed by atoms with Crippen LogP contribution in [-0.4, -0.2) is 47.0 Å². The minimum atomic E-state index is -0.926. The number of amides is 1. The van der Waals surface area contributed by atoms with E-state index in [0.717, 1.165) is 0 Å². The molecule has 0 saturated carbocycles. The van der Waals surface area contributed by atoms with Crippen molar-refractivity contribution in [3.8, 4) is 0 Å². The van der Waals surface area contributed by atoms with E-state index in [2.05, 4.69) is 10.3 Å². The van der Waals surface area contributed by atoms with E-state index in [1.165, 1.54) is 11.1 Å². The molecule has 104 valence electrons. The van der Waals surface area contributed by atoms with Crippen molar-refractivity contribution in [2.45, 2.75) is 19.9 Å². The van der Waals surface area contributed by atoms with Gasteiger partial charge in [0.15, 0.2) is 0 Å². The molecule has 1 amide bonds. The van der Waals surface area contributed by atoms with Gasteiger partial charge in [-0.15, -0.1) is 0 Å². The SMILES string of the molecule is CC(C)[C@H](Nc1ccc(C(=O)N(C)C)cn1)C(=O)O. The highest BCUT2D eigenvalue weighted by Crippen LogP contribution is 2.12. The van der Waals surface area contributed by atoms with Crippen LogP contribution in [-0.2, 0) is 4.79 Å². The third kappa shape index (κ3) is 3.94. The van der Waals surface area contributed by atoms with Gasteiger partial charge < -0.3 is 15.3 Å². The number of rotatable bonds is 5. The summed E-state index contributed by atoms with van der Waals surface area (Å²) >= 11 is 0. The first-order valence-electron chi connectivity index (χ1n) is 6.00. The van der Waals surface area contributed by atoms with Crippen molar-refractivity contribution in [2.75, 3.05) is 19.4 Å². The van der Waals surface area contributed by atoms with E-state index < -0.39 is 12.0 Å². The van der Waals surface area contributed by atoms with Crippen molar-refractivity contribution in [3.05, 3.63) is 23.9 Å². The third-order valence-electron chi connectivity index (χ3n) is 2.65. The number of hydrogen-bond donors (Lipinski definition) is 2. The van der Waals surface area contributed by atoms with E-state index in [9.17, 15) is 9.59 Å². The zero-order chi connectivity index (χ0) is 14.6. The number of carbonyl (C=O) groups is 2. The number of carboxylic acid groups (broad SMARTS) is 1. The molecule has 0 aliphatic carbocycles. The molecule has 0 radical (unpaired) electrons. The summed E-state index contributed by atoms with van der Waals surface area (Å²) in [4.78, 5) is 28.2. The van der Waals surface area contributed by atoms with Crippen molar-refractivity contribution in [3.63, 3.8) is 0 Å². The lowest BCUT2D eigenvalue weighted by Crippen LogP contribution is -2.34. The van der Waals surface area contributed by atoms with Crippen LogP contribution in [0.2, 0.25) is 0 Å². The Morgan fingerprint density at radius 3 is 2.32 bits per heavy atom. The van der Waals surface area contributed by atoms with Gasteiger partial charge in [-0.3, -0.25) is 4.79 Å². The minimum absolute atomic E-state index is 0.0672. The number of nitrogens with zero attached hydrogens (tertiary/aromatic N) is 2. The number of carboxylic acids is 1. The molecule has 0 saturated heterocycles. The molecule has 1 heterocycles. The van der Waals surface area contributed by atoms with Gasteiger partial charge in [0, 0.05) is 20.3 Å². The Morgan fingerprint density at radius 2 is 1.95 bits per heavy atom. The standard InChI is InChI=1S/C13H19N3O3/c1-8(2)11(13(18)19)15-10-6-5-9(7-14-10)12(17)16(3)4/h5-8,11H,1-4H3,(H,14,15)(H,18,19)/t11-/m0/s1. The number of nitrogens with one attached hydrogen (secondary N) is 1. The van der Waals surface area contributed by atoms with Gasteiger partial charge in [-0.2, -0.15) is 0 Å². The molecule has 6 heteroatoms. The number of carbonyl (C=O) groups excluding carboxylic acids is 1. The van der Waals surface area contributed by atoms with Crippen molar-refractivity contribution in [2.24, 2.45) is 5.92 Å². The van der Waals surface area contributed by atoms with Gasteiger partial charge in [-0.05, 0) is 18.1 Å². The summed E-state index contributed by atoms with van der Waals surface area (Å²) in [5, 5.41) is 11.9. The largest absolute Gasteiger partial charge is 0.480 e. The molecule has 1 aromatic heterocycles. The summed E-state index contributed by atoms with van der Waals surface area (Å²) in [5.41, 5.74) is 0.465. The molecular weight excluding hydrogens is 246 g/mol. The van der Waals surface area contributed by atoms with Crippen molar-refractivity contribution >= 4 is 17.7 Å². The first-order chi connectivity index (χ1) is 8.82. The lowest BCUT2D eigenvalue weighted by Gasteiger charge is -2.18. The molecular formula is C13H19N3O3. The zero-order valence-electron chi connectivity index (χ0n) is 11.5. The maximum Gasteiger partial charge on any atom is 0.326 e. The second-order valence-electron chi connectivity index (χ2n) is 4.84. The topological polar surface area (TPSA) is 82.5 Å². The first kappa shape index (κ1) is 14.9. The average molecular weight is 265 g/mol. The first-order valence-corrected chi connectivity index (χ1v) is 6.00. The quantitative estimate of drug-likeness (QED) is 0.838. The minimum Gasteiger partial charge on any atom is -0.480 e. The molecule has 19 heavy (non-hydrogen) atoms. The number of pyridine rings is 1. The highest BCUT2D eigenvalue weighted by Gasteiger charge is 2.21. The van der Waals surface area contributed by atoms with Gasteiger partial charge in [-0.25, -0.2) is 9.78 Å². The predicted octanol–water partition coefficient (Wildman–Crippen LogP) is 1.30. The van der Waals surface area contributed by atoms with Crippen LogP contribution in [0, 0.1) is 5.92 Å². The molecule has 0 unspecified atom stereocenters. The normalized spacial score (nSPS) is 12.1. The molecule has 0 aromatic carbocycles. The number of hydrogen-bond acceptors (Lipinski definition) is 4. The summed E-state index contributed by atoms with van der Waals surface area (Å²) in [6.07, 6.45) is 1.43. The van der Waals surface area contributed by atoms with Crippen molar-refractivity contribution in [1.29, 1.82) is 0 Å². The van der Waals surface area contributed by atoms with Crippen LogP contribution >= 0.6 is 0 Å². The van der Waals surface area contributed by atoms with Gasteiger partial charge in [0.25, 0.3) is 5.91 Å². The molecule has 0 aliphatic rings. The van der Waals surface area contributed by atoms with Crippen LogP contribution < -0.4 is 5.32 Å². The lowest BCUT2D eigenvalue weighted by atomic mass is 10.1. The fourth-order valence-electron chi connectivity index (χ4n) is 1.54. The second kappa shape index (κ2) is 6.17. The molecule has 0 spiro atoms. The van der Waals surface area contributed by atoms with E-state index in [0.29, 0.717) is 11.4 Å². The molecule has 2 N–H and O–H groups in total. The van der Waals surface area contributed by atoms with Gasteiger partial charge in [0.1, 0.15) is 11.9 Å². The summed E-state index contributed by atoms with van der Waals surface area (Å²) in [5.74, 6) is -0.693. The van der Waals surface area contributed by atoms with Gasteiger partial charge in [-0.1, -0.05) is 13.8 Å². The average Bonchev–Trinajstić information content (AvgIpc) is 2.34. The Hall–Kier alpha value is -2.11. The van der Waals surface area contributed by atoms with Crippen LogP contribution in [0.3, 0.4) is 0 Å². The summed E-state index contributed by atoms with van der Waals surface area (Å²) in [6.45, 7) is 3.63. The second-order valence-corrected chi connectivity index (χ2v) is 4.84. The molecule has 1 atom stereocenters. The Kier molecular flexibility index (Phi) is 4.86. The molecule has 6 nitrogen and oxygen atoms in total. The number of anilines is 1. The highest BCUT2D eigenvalue weighted by atomic mass is 16.4. The van der Waals surface area contributed by atoms with Crippen LogP contribution in [0.15, 0.2) is 18.3 Å². The Morgan fingerprint density at radius 1 is 1.32 bits per heavy atom. The molecule has 1 aromatic rings. The smallest absolute Gasteiger partial charge is 0.326 e. The van der Waals surface area contributed by atoms with Gasteiger partial charge in [0.2, 0.25) is 0 Å². The molecule has 1 rings (SSSR count). The van der Waals surface area contributed by atoms with Gasteiger partial charge >= 0.3 is 5.97 Å². The van der Waals surface area contributed by atoms with E-state index >= 15 is 0 Å². The van der Waals surface area contributed by atoms with Gasteiger partial charge in [0.05, 0.1) is 5.56 Å². The van der Waals surface area contributed by atoms with E-state index in [1.54, 1.807) is 26.2 Å². The Labute approximate surface area is 112 Å². The summed E-state index contributed by atoms with van der Waals surface area (Å²) < 4.78 is 0. The molecule has 0 fully saturated rings. The monoisotopic (exact) mass is 265 g/mol. The number of aliphatic carboxylic acids is 1. The zero-order valence-corrected chi connectivity index (χ0v) is 11.5. The Bertz CT molecular complexity index is 455. The molecule has 0 bridgehead atoms.